The smallest absolute Gasteiger partial charge is 0.236 e. The number of aromatic nitrogens is 1. The fourth-order valence-corrected chi connectivity index (χ4v) is 2.64. The molecule has 1 saturated carbocycles. The van der Waals surface area contributed by atoms with E-state index in [9.17, 15) is 4.79 Å². The predicted molar refractivity (Wildman–Crippen MR) is 76.3 cm³/mol. The molecule has 1 fully saturated rings. The molecule has 1 amide bonds. The van der Waals surface area contributed by atoms with Gasteiger partial charge in [0.15, 0.2) is 11.5 Å². The van der Waals surface area contributed by atoms with Crippen molar-refractivity contribution in [2.45, 2.75) is 18.3 Å². The van der Waals surface area contributed by atoms with Gasteiger partial charge in [-0.1, -0.05) is 12.1 Å². The van der Waals surface area contributed by atoms with E-state index in [2.05, 4.69) is 10.3 Å². The van der Waals surface area contributed by atoms with E-state index in [4.69, 9.17) is 9.47 Å². The Kier molecular flexibility index (Phi) is 2.60. The van der Waals surface area contributed by atoms with Crippen LogP contribution in [-0.2, 0) is 10.2 Å². The average molecular weight is 282 g/mol. The Morgan fingerprint density at radius 3 is 2.76 bits per heavy atom. The molecule has 0 radical (unpaired) electrons. The summed E-state index contributed by atoms with van der Waals surface area (Å²) in [6.45, 7) is 0.242. The fraction of sp³-hybridized carbons (Fsp3) is 0.250. The number of hydrogen-bond donors (Lipinski definition) is 1. The molecule has 5 nitrogen and oxygen atoms in total. The van der Waals surface area contributed by atoms with Crippen molar-refractivity contribution in [3.05, 3.63) is 48.2 Å². The summed E-state index contributed by atoms with van der Waals surface area (Å²) in [5.41, 5.74) is 0.513. The maximum atomic E-state index is 12.6. The Morgan fingerprint density at radius 1 is 1.14 bits per heavy atom. The van der Waals surface area contributed by atoms with E-state index in [1.807, 2.05) is 30.3 Å². The summed E-state index contributed by atoms with van der Waals surface area (Å²) in [6, 6.07) is 11.2. The van der Waals surface area contributed by atoms with Crippen LogP contribution in [0, 0.1) is 0 Å². The van der Waals surface area contributed by atoms with Gasteiger partial charge in [-0.3, -0.25) is 4.79 Å². The minimum absolute atomic E-state index is 0.0138. The normalized spacial score (nSPS) is 17.3. The number of nitrogens with zero attached hydrogens (tertiary/aromatic N) is 1. The Morgan fingerprint density at radius 2 is 2.00 bits per heavy atom. The van der Waals surface area contributed by atoms with E-state index in [1.165, 1.54) is 0 Å². The topological polar surface area (TPSA) is 60.5 Å². The highest BCUT2D eigenvalue weighted by molar-refractivity contribution is 6.00. The second-order valence-electron chi connectivity index (χ2n) is 5.32. The lowest BCUT2D eigenvalue weighted by molar-refractivity contribution is -0.118. The molecule has 5 heteroatoms. The summed E-state index contributed by atoms with van der Waals surface area (Å²) in [7, 11) is 0. The van der Waals surface area contributed by atoms with Crippen LogP contribution in [0.15, 0.2) is 42.6 Å². The number of fused-ring (bicyclic) bond motifs is 1. The molecule has 1 aliphatic heterocycles. The van der Waals surface area contributed by atoms with Crippen molar-refractivity contribution in [2.24, 2.45) is 0 Å². The Labute approximate surface area is 121 Å². The largest absolute Gasteiger partial charge is 0.454 e. The van der Waals surface area contributed by atoms with Gasteiger partial charge in [0.1, 0.15) is 5.82 Å². The van der Waals surface area contributed by atoms with Crippen molar-refractivity contribution in [2.75, 3.05) is 12.1 Å². The van der Waals surface area contributed by atoms with E-state index in [0.717, 1.165) is 24.2 Å². The van der Waals surface area contributed by atoms with Crippen LogP contribution in [0.4, 0.5) is 5.82 Å². The zero-order valence-corrected chi connectivity index (χ0v) is 11.3. The first-order valence-electron chi connectivity index (χ1n) is 6.91. The SMILES string of the molecule is O=C(Nc1ccccn1)C1(c2ccc3c(c2)OCO3)CC1. The molecule has 0 unspecified atom stereocenters. The van der Waals surface area contributed by atoms with Crippen LogP contribution in [0.1, 0.15) is 18.4 Å². The maximum Gasteiger partial charge on any atom is 0.236 e. The van der Waals surface area contributed by atoms with Gasteiger partial charge in [-0.25, -0.2) is 4.98 Å². The molecule has 0 bridgehead atoms. The summed E-state index contributed by atoms with van der Waals surface area (Å²) in [5, 5.41) is 2.89. The van der Waals surface area contributed by atoms with Crippen LogP contribution in [0.5, 0.6) is 11.5 Å². The van der Waals surface area contributed by atoms with Crippen molar-refractivity contribution >= 4 is 11.7 Å². The highest BCUT2D eigenvalue weighted by atomic mass is 16.7. The number of pyridine rings is 1. The standard InChI is InChI=1S/C16H14N2O3/c19-15(18-14-3-1-2-8-17-14)16(6-7-16)11-4-5-12-13(9-11)21-10-20-12/h1-5,8-9H,6-7,10H2,(H,17,18,19). The van der Waals surface area contributed by atoms with Crippen molar-refractivity contribution in [3.8, 4) is 11.5 Å². The van der Waals surface area contributed by atoms with Gasteiger partial charge in [-0.2, -0.15) is 0 Å². The van der Waals surface area contributed by atoms with Crippen molar-refractivity contribution in [1.82, 2.24) is 4.98 Å². The fourth-order valence-electron chi connectivity index (χ4n) is 2.64. The van der Waals surface area contributed by atoms with Crippen molar-refractivity contribution in [3.63, 3.8) is 0 Å². The molecule has 1 aromatic carbocycles. The minimum Gasteiger partial charge on any atom is -0.454 e. The zero-order chi connectivity index (χ0) is 14.3. The zero-order valence-electron chi connectivity index (χ0n) is 11.3. The van der Waals surface area contributed by atoms with Crippen LogP contribution in [0.25, 0.3) is 0 Å². The van der Waals surface area contributed by atoms with E-state index in [1.54, 1.807) is 12.3 Å². The summed E-state index contributed by atoms with van der Waals surface area (Å²) in [4.78, 5) is 16.7. The van der Waals surface area contributed by atoms with Gasteiger partial charge in [0.05, 0.1) is 5.41 Å². The van der Waals surface area contributed by atoms with Gasteiger partial charge in [0.2, 0.25) is 12.7 Å². The lowest BCUT2D eigenvalue weighted by Gasteiger charge is -2.15. The van der Waals surface area contributed by atoms with Gasteiger partial charge in [0.25, 0.3) is 0 Å². The van der Waals surface area contributed by atoms with Gasteiger partial charge in [-0.15, -0.1) is 0 Å². The van der Waals surface area contributed by atoms with E-state index < -0.39 is 5.41 Å². The van der Waals surface area contributed by atoms with Crippen LogP contribution in [0.2, 0.25) is 0 Å². The number of carbonyl (C=O) groups excluding carboxylic acids is 1. The summed E-state index contributed by atoms with van der Waals surface area (Å²) in [6.07, 6.45) is 3.34. The molecule has 4 rings (SSSR count). The number of nitrogens with one attached hydrogen (secondary N) is 1. The van der Waals surface area contributed by atoms with Crippen molar-refractivity contribution < 1.29 is 14.3 Å². The Balaban J connectivity index is 1.60. The molecule has 0 saturated heterocycles. The highest BCUT2D eigenvalue weighted by Crippen LogP contribution is 2.51. The minimum atomic E-state index is -0.460. The average Bonchev–Trinajstić information content (AvgIpc) is 3.20. The molecule has 1 aliphatic carbocycles. The third-order valence-electron chi connectivity index (χ3n) is 4.02. The number of ether oxygens (including phenoxy) is 2. The molecule has 2 aromatic rings. The number of carbonyl (C=O) groups is 1. The number of anilines is 1. The first kappa shape index (κ1) is 12.2. The molecule has 0 spiro atoms. The molecule has 106 valence electrons. The second kappa shape index (κ2) is 4.48. The molecule has 21 heavy (non-hydrogen) atoms. The summed E-state index contributed by atoms with van der Waals surface area (Å²) >= 11 is 0. The quantitative estimate of drug-likeness (QED) is 0.939. The molecule has 1 aromatic heterocycles. The predicted octanol–water partition coefficient (Wildman–Crippen LogP) is 2.48. The van der Waals surface area contributed by atoms with E-state index in [0.29, 0.717) is 11.6 Å². The third kappa shape index (κ3) is 2.01. The first-order chi connectivity index (χ1) is 10.3. The number of benzene rings is 1. The van der Waals surface area contributed by atoms with E-state index in [-0.39, 0.29) is 12.7 Å². The number of hydrogen-bond acceptors (Lipinski definition) is 4. The van der Waals surface area contributed by atoms with Crippen LogP contribution in [-0.4, -0.2) is 17.7 Å². The Bertz CT molecular complexity index is 696. The summed E-state index contributed by atoms with van der Waals surface area (Å²) in [5.74, 6) is 2.01. The monoisotopic (exact) mass is 282 g/mol. The van der Waals surface area contributed by atoms with Crippen LogP contribution >= 0.6 is 0 Å². The molecule has 2 heterocycles. The summed E-state index contributed by atoms with van der Waals surface area (Å²) < 4.78 is 10.7. The number of amides is 1. The van der Waals surface area contributed by atoms with Gasteiger partial charge >= 0.3 is 0 Å². The Hall–Kier alpha value is -2.56. The van der Waals surface area contributed by atoms with E-state index >= 15 is 0 Å². The third-order valence-corrected chi connectivity index (χ3v) is 4.02. The molecule has 2 aliphatic rings. The maximum absolute atomic E-state index is 12.6. The van der Waals surface area contributed by atoms with Gasteiger partial charge in [-0.05, 0) is 42.7 Å². The van der Waals surface area contributed by atoms with Crippen LogP contribution in [0.3, 0.4) is 0 Å². The molecular formula is C16H14N2O3. The van der Waals surface area contributed by atoms with Gasteiger partial charge in [0, 0.05) is 6.20 Å². The number of rotatable bonds is 3. The van der Waals surface area contributed by atoms with Gasteiger partial charge < -0.3 is 14.8 Å². The highest BCUT2D eigenvalue weighted by Gasteiger charge is 2.51. The van der Waals surface area contributed by atoms with Crippen LogP contribution < -0.4 is 14.8 Å². The molecule has 0 atom stereocenters. The lowest BCUT2D eigenvalue weighted by atomic mass is 9.94. The molecular weight excluding hydrogens is 268 g/mol. The first-order valence-corrected chi connectivity index (χ1v) is 6.91. The second-order valence-corrected chi connectivity index (χ2v) is 5.32. The lowest BCUT2D eigenvalue weighted by Crippen LogP contribution is -2.28. The van der Waals surface area contributed by atoms with Crippen molar-refractivity contribution in [1.29, 1.82) is 0 Å². The molecule has 1 N–H and O–H groups in total.